The fourth-order valence-corrected chi connectivity index (χ4v) is 1.49. The number of hydrogen-bond donors (Lipinski definition) is 0. The van der Waals surface area contributed by atoms with Gasteiger partial charge in [-0.2, -0.15) is 0 Å². The first kappa shape index (κ1) is 12.9. The largest absolute Gasteiger partial charge is 0.444 e. The van der Waals surface area contributed by atoms with Crippen LogP contribution in [0, 0.1) is 0 Å². The van der Waals surface area contributed by atoms with Crippen LogP contribution in [0.5, 0.6) is 0 Å². The van der Waals surface area contributed by atoms with E-state index in [2.05, 4.69) is 0 Å². The van der Waals surface area contributed by atoms with Gasteiger partial charge in [0.25, 0.3) is 5.92 Å². The molecule has 1 aliphatic heterocycles. The minimum absolute atomic E-state index is 0.352. The van der Waals surface area contributed by atoms with Crippen LogP contribution in [0.4, 0.5) is 13.6 Å². The van der Waals surface area contributed by atoms with Crippen LogP contribution in [0.3, 0.4) is 0 Å². The highest BCUT2D eigenvalue weighted by atomic mass is 19.3. The number of likely N-dealkylation sites (tertiary alicyclic amines) is 1. The van der Waals surface area contributed by atoms with Gasteiger partial charge in [0, 0.05) is 6.42 Å². The molecule has 1 rings (SSSR count). The maximum Gasteiger partial charge on any atom is 0.411 e. The molecule has 0 aromatic heterocycles. The zero-order valence-corrected chi connectivity index (χ0v) is 9.50. The number of aldehydes is 1. The van der Waals surface area contributed by atoms with E-state index in [1.165, 1.54) is 0 Å². The van der Waals surface area contributed by atoms with Crippen molar-refractivity contribution in [1.82, 2.24) is 4.90 Å². The summed E-state index contributed by atoms with van der Waals surface area (Å²) in [5, 5.41) is 0. The van der Waals surface area contributed by atoms with E-state index in [4.69, 9.17) is 4.74 Å². The van der Waals surface area contributed by atoms with Crippen molar-refractivity contribution in [3.8, 4) is 0 Å². The molecule has 92 valence electrons. The first-order chi connectivity index (χ1) is 7.14. The van der Waals surface area contributed by atoms with Gasteiger partial charge in [-0.3, -0.25) is 4.90 Å². The molecule has 1 atom stereocenters. The van der Waals surface area contributed by atoms with E-state index in [9.17, 15) is 18.4 Å². The second kappa shape index (κ2) is 3.99. The van der Waals surface area contributed by atoms with E-state index < -0.39 is 36.6 Å². The van der Waals surface area contributed by atoms with Crippen molar-refractivity contribution in [2.45, 2.75) is 44.8 Å². The van der Waals surface area contributed by atoms with Gasteiger partial charge in [0.1, 0.15) is 11.9 Å². The Morgan fingerprint density at radius 2 is 2.06 bits per heavy atom. The number of rotatable bonds is 1. The topological polar surface area (TPSA) is 46.6 Å². The van der Waals surface area contributed by atoms with Crippen LogP contribution >= 0.6 is 0 Å². The molecule has 1 unspecified atom stereocenters. The first-order valence-corrected chi connectivity index (χ1v) is 4.97. The van der Waals surface area contributed by atoms with E-state index in [0.717, 1.165) is 4.90 Å². The highest BCUT2D eigenvalue weighted by molar-refractivity contribution is 5.74. The smallest absolute Gasteiger partial charge is 0.411 e. The Hall–Kier alpha value is -1.20. The standard InChI is InChI=1S/C10H15F2NO3/c1-9(2,3)16-8(15)13-6-10(11,12)4-7(13)5-14/h5,7H,4,6H2,1-3H3. The molecule has 1 saturated heterocycles. The van der Waals surface area contributed by atoms with Crippen LogP contribution in [0.25, 0.3) is 0 Å². The van der Waals surface area contributed by atoms with E-state index >= 15 is 0 Å². The number of halogens is 2. The molecule has 0 aliphatic carbocycles. The average molecular weight is 235 g/mol. The van der Waals surface area contributed by atoms with Gasteiger partial charge in [0.05, 0.1) is 12.6 Å². The number of alkyl halides is 2. The lowest BCUT2D eigenvalue weighted by Crippen LogP contribution is -2.41. The summed E-state index contributed by atoms with van der Waals surface area (Å²) in [6.45, 7) is 4.14. The van der Waals surface area contributed by atoms with Gasteiger partial charge in [-0.05, 0) is 20.8 Å². The summed E-state index contributed by atoms with van der Waals surface area (Å²) in [5.74, 6) is -3.01. The monoisotopic (exact) mass is 235 g/mol. The summed E-state index contributed by atoms with van der Waals surface area (Å²) in [6.07, 6.45) is -1.15. The Labute approximate surface area is 92.5 Å². The SMILES string of the molecule is CC(C)(C)OC(=O)N1CC(F)(F)CC1C=O. The molecule has 0 aromatic carbocycles. The van der Waals surface area contributed by atoms with Gasteiger partial charge >= 0.3 is 6.09 Å². The quantitative estimate of drug-likeness (QED) is 0.651. The molecule has 0 spiro atoms. The van der Waals surface area contributed by atoms with Crippen molar-refractivity contribution in [1.29, 1.82) is 0 Å². The second-order valence-corrected chi connectivity index (χ2v) is 4.87. The lowest BCUT2D eigenvalue weighted by atomic mass is 10.2. The van der Waals surface area contributed by atoms with Crippen LogP contribution in [0.2, 0.25) is 0 Å². The molecule has 0 bridgehead atoms. The summed E-state index contributed by atoms with van der Waals surface area (Å²) in [6, 6.07) is -1.09. The third-order valence-electron chi connectivity index (χ3n) is 2.09. The van der Waals surface area contributed by atoms with Crippen molar-refractivity contribution in [2.75, 3.05) is 6.54 Å². The number of carbonyl (C=O) groups is 2. The molecular formula is C10H15F2NO3. The highest BCUT2D eigenvalue weighted by Gasteiger charge is 2.48. The average Bonchev–Trinajstić information content (AvgIpc) is 2.38. The van der Waals surface area contributed by atoms with Crippen molar-refractivity contribution < 1.29 is 23.1 Å². The zero-order chi connectivity index (χ0) is 12.6. The van der Waals surface area contributed by atoms with Crippen molar-refractivity contribution in [3.63, 3.8) is 0 Å². The summed E-state index contributed by atoms with van der Waals surface area (Å²) in [7, 11) is 0. The molecule has 16 heavy (non-hydrogen) atoms. The number of amides is 1. The Morgan fingerprint density at radius 3 is 2.50 bits per heavy atom. The summed E-state index contributed by atoms with van der Waals surface area (Å²) < 4.78 is 31.0. The number of hydrogen-bond acceptors (Lipinski definition) is 3. The number of ether oxygens (including phenoxy) is 1. The van der Waals surface area contributed by atoms with Crippen LogP contribution in [-0.2, 0) is 9.53 Å². The van der Waals surface area contributed by atoms with E-state index in [-0.39, 0.29) is 0 Å². The Morgan fingerprint density at radius 1 is 1.50 bits per heavy atom. The second-order valence-electron chi connectivity index (χ2n) is 4.87. The van der Waals surface area contributed by atoms with E-state index in [1.54, 1.807) is 20.8 Å². The number of carbonyl (C=O) groups excluding carboxylic acids is 2. The maximum atomic E-state index is 13.0. The van der Waals surface area contributed by atoms with Crippen molar-refractivity contribution in [2.24, 2.45) is 0 Å². The van der Waals surface area contributed by atoms with Gasteiger partial charge in [-0.25, -0.2) is 13.6 Å². The molecule has 0 N–H and O–H groups in total. The van der Waals surface area contributed by atoms with Crippen LogP contribution < -0.4 is 0 Å². The fourth-order valence-electron chi connectivity index (χ4n) is 1.49. The highest BCUT2D eigenvalue weighted by Crippen LogP contribution is 2.32. The van der Waals surface area contributed by atoms with Gasteiger partial charge in [-0.1, -0.05) is 0 Å². The Bertz CT molecular complexity index is 299. The lowest BCUT2D eigenvalue weighted by Gasteiger charge is -2.26. The summed E-state index contributed by atoms with van der Waals surface area (Å²) in [5.41, 5.74) is -0.762. The Kier molecular flexibility index (Phi) is 3.21. The van der Waals surface area contributed by atoms with Crippen LogP contribution in [0.15, 0.2) is 0 Å². The van der Waals surface area contributed by atoms with Gasteiger partial charge in [0.2, 0.25) is 0 Å². The third kappa shape index (κ3) is 3.15. The molecular weight excluding hydrogens is 220 g/mol. The van der Waals surface area contributed by atoms with E-state index in [0.29, 0.717) is 6.29 Å². The molecule has 0 radical (unpaired) electrons. The van der Waals surface area contributed by atoms with Crippen LogP contribution in [-0.4, -0.2) is 41.4 Å². The molecule has 6 heteroatoms. The molecule has 1 fully saturated rings. The maximum absolute atomic E-state index is 13.0. The van der Waals surface area contributed by atoms with Crippen molar-refractivity contribution in [3.05, 3.63) is 0 Å². The number of nitrogens with zero attached hydrogens (tertiary/aromatic N) is 1. The minimum Gasteiger partial charge on any atom is -0.444 e. The van der Waals surface area contributed by atoms with E-state index in [1.807, 2.05) is 0 Å². The summed E-state index contributed by atoms with van der Waals surface area (Å²) in [4.78, 5) is 22.9. The van der Waals surface area contributed by atoms with Gasteiger partial charge < -0.3 is 9.53 Å². The predicted molar refractivity (Wildman–Crippen MR) is 52.4 cm³/mol. The third-order valence-corrected chi connectivity index (χ3v) is 2.09. The van der Waals surface area contributed by atoms with Crippen molar-refractivity contribution >= 4 is 12.4 Å². The first-order valence-electron chi connectivity index (χ1n) is 4.97. The van der Waals surface area contributed by atoms with Gasteiger partial charge in [-0.15, -0.1) is 0 Å². The zero-order valence-electron chi connectivity index (χ0n) is 9.50. The lowest BCUT2D eigenvalue weighted by molar-refractivity contribution is -0.111. The fraction of sp³-hybridized carbons (Fsp3) is 0.800. The predicted octanol–water partition coefficient (Wildman–Crippen LogP) is 1.83. The normalized spacial score (nSPS) is 24.3. The Balaban J connectivity index is 2.72. The van der Waals surface area contributed by atoms with Gasteiger partial charge in [0.15, 0.2) is 0 Å². The summed E-state index contributed by atoms with van der Waals surface area (Å²) >= 11 is 0. The molecule has 1 aliphatic rings. The van der Waals surface area contributed by atoms with Crippen LogP contribution in [0.1, 0.15) is 27.2 Å². The minimum atomic E-state index is -3.01. The molecule has 1 amide bonds. The molecule has 0 aromatic rings. The molecule has 4 nitrogen and oxygen atoms in total. The molecule has 1 heterocycles. The molecule has 0 saturated carbocycles.